The first kappa shape index (κ1) is 32.0. The number of hydrogen-bond donors (Lipinski definition) is 5. The molecular formula is C29H43N2O8+. The van der Waals surface area contributed by atoms with E-state index in [0.717, 1.165) is 0 Å². The Morgan fingerprint density at radius 1 is 1.15 bits per heavy atom. The third-order valence-corrected chi connectivity index (χ3v) is 7.00. The number of methoxy groups -OCH3 is 2. The first-order valence-corrected chi connectivity index (χ1v) is 13.0. The van der Waals surface area contributed by atoms with Gasteiger partial charge in [0.25, 0.3) is 5.91 Å². The summed E-state index contributed by atoms with van der Waals surface area (Å²) in [7, 11) is 3.01. The molecule has 0 radical (unpaired) electrons. The topological polar surface area (TPSA) is 162 Å². The van der Waals surface area contributed by atoms with Gasteiger partial charge in [-0.3, -0.25) is 9.59 Å². The highest BCUT2D eigenvalue weighted by Gasteiger charge is 2.30. The van der Waals surface area contributed by atoms with Crippen molar-refractivity contribution in [2.24, 2.45) is 11.8 Å². The van der Waals surface area contributed by atoms with E-state index in [9.17, 15) is 24.9 Å². The van der Waals surface area contributed by atoms with Crippen molar-refractivity contribution in [1.82, 2.24) is 0 Å². The highest BCUT2D eigenvalue weighted by atomic mass is 16.6. The Hall–Kier alpha value is -3.18. The fourth-order valence-corrected chi connectivity index (χ4v) is 4.72. The molecule has 10 heteroatoms. The number of amides is 1. The van der Waals surface area contributed by atoms with Crippen molar-refractivity contribution >= 4 is 23.3 Å². The van der Waals surface area contributed by atoms with Gasteiger partial charge in [-0.05, 0) is 38.2 Å². The van der Waals surface area contributed by atoms with Gasteiger partial charge in [0.15, 0.2) is 17.5 Å². The first-order chi connectivity index (χ1) is 18.3. The fraction of sp³-hybridized carbons (Fsp3) is 0.517. The van der Waals surface area contributed by atoms with Crippen molar-refractivity contribution in [3.05, 3.63) is 47.1 Å². The van der Waals surface area contributed by atoms with Crippen LogP contribution in [-0.4, -0.2) is 65.8 Å². The van der Waals surface area contributed by atoms with E-state index in [0.29, 0.717) is 29.6 Å². The Bertz CT molecular complexity index is 1130. The summed E-state index contributed by atoms with van der Waals surface area (Å²) in [5, 5.41) is 35.3. The largest absolute Gasteiger partial charge is 0.505 e. The average molecular weight is 548 g/mol. The SMILES string of the molecule is CO[C@H]1/C=C\C=C(/C)C(=O)Nc2cc(O)c([NH3+])c(c2O)C[C@@H](C)C[C@H](OC)[C@H](O)[C@@H](C)/C=C(\C)[C@@H]1OC(C)=O. The number of quaternary nitrogens is 1. The van der Waals surface area contributed by atoms with Gasteiger partial charge in [-0.25, -0.2) is 0 Å². The third kappa shape index (κ3) is 8.40. The predicted molar refractivity (Wildman–Crippen MR) is 147 cm³/mol. The van der Waals surface area contributed by atoms with Gasteiger partial charge in [0.2, 0.25) is 0 Å². The van der Waals surface area contributed by atoms with Crippen LogP contribution in [0.5, 0.6) is 11.5 Å². The molecule has 0 aromatic heterocycles. The molecule has 0 saturated heterocycles. The highest BCUT2D eigenvalue weighted by molar-refractivity contribution is 6.04. The summed E-state index contributed by atoms with van der Waals surface area (Å²) < 4.78 is 16.8. The Kier molecular flexibility index (Phi) is 11.7. The van der Waals surface area contributed by atoms with Crippen molar-refractivity contribution in [3.8, 4) is 11.5 Å². The number of rotatable bonds is 3. The van der Waals surface area contributed by atoms with Crippen LogP contribution in [0.1, 0.15) is 46.6 Å². The molecule has 7 N–H and O–H groups in total. The van der Waals surface area contributed by atoms with Crippen LogP contribution in [0, 0.1) is 11.8 Å². The van der Waals surface area contributed by atoms with Crippen molar-refractivity contribution in [3.63, 3.8) is 0 Å². The van der Waals surface area contributed by atoms with Crippen LogP contribution >= 0.6 is 0 Å². The second kappa shape index (κ2) is 14.3. The molecule has 1 heterocycles. The van der Waals surface area contributed by atoms with E-state index >= 15 is 0 Å². The Balaban J connectivity index is 2.62. The summed E-state index contributed by atoms with van der Waals surface area (Å²) in [6.07, 6.45) is 4.55. The van der Waals surface area contributed by atoms with Crippen LogP contribution < -0.4 is 11.1 Å². The Morgan fingerprint density at radius 3 is 2.41 bits per heavy atom. The molecule has 0 saturated carbocycles. The van der Waals surface area contributed by atoms with Crippen LogP contribution in [0.15, 0.2) is 41.5 Å². The molecule has 0 fully saturated rings. The number of aliphatic hydroxyl groups excluding tert-OH is 1. The van der Waals surface area contributed by atoms with E-state index in [2.05, 4.69) is 11.1 Å². The van der Waals surface area contributed by atoms with Crippen molar-refractivity contribution in [2.45, 2.75) is 71.9 Å². The van der Waals surface area contributed by atoms with Gasteiger partial charge >= 0.3 is 5.97 Å². The number of hydrogen-bond acceptors (Lipinski definition) is 8. The number of benzene rings is 1. The molecule has 10 nitrogen and oxygen atoms in total. The lowest BCUT2D eigenvalue weighted by Crippen LogP contribution is -2.42. The quantitative estimate of drug-likeness (QED) is 0.167. The first-order valence-electron chi connectivity index (χ1n) is 13.0. The summed E-state index contributed by atoms with van der Waals surface area (Å²) >= 11 is 0. The van der Waals surface area contributed by atoms with Crippen LogP contribution in [-0.2, 0) is 30.2 Å². The zero-order valence-electron chi connectivity index (χ0n) is 23.9. The molecule has 216 valence electrons. The zero-order valence-corrected chi connectivity index (χ0v) is 23.9. The molecule has 0 aliphatic carbocycles. The molecule has 1 aliphatic heterocycles. The maximum atomic E-state index is 12.9. The molecule has 1 aromatic rings. The number of nitrogens with one attached hydrogen (secondary N) is 1. The Labute approximate surface area is 230 Å². The molecule has 1 amide bonds. The minimum Gasteiger partial charge on any atom is -0.505 e. The van der Waals surface area contributed by atoms with E-state index in [1.54, 1.807) is 32.1 Å². The van der Waals surface area contributed by atoms with Crippen LogP contribution in [0.25, 0.3) is 0 Å². The van der Waals surface area contributed by atoms with Gasteiger partial charge in [0.05, 0.1) is 23.5 Å². The maximum absolute atomic E-state index is 12.9. The number of aliphatic hydroxyl groups is 1. The van der Waals surface area contributed by atoms with Gasteiger partial charge in [-0.2, -0.15) is 0 Å². The van der Waals surface area contributed by atoms with Crippen molar-refractivity contribution in [2.75, 3.05) is 19.5 Å². The molecule has 2 bridgehead atoms. The second-order valence-corrected chi connectivity index (χ2v) is 10.2. The van der Waals surface area contributed by atoms with Crippen LogP contribution in [0.4, 0.5) is 11.4 Å². The molecule has 1 aliphatic rings. The monoisotopic (exact) mass is 547 g/mol. The lowest BCUT2D eigenvalue weighted by Gasteiger charge is -2.29. The lowest BCUT2D eigenvalue weighted by molar-refractivity contribution is -0.257. The summed E-state index contributed by atoms with van der Waals surface area (Å²) in [6, 6.07) is 1.26. The fourth-order valence-electron chi connectivity index (χ4n) is 4.72. The predicted octanol–water partition coefficient (Wildman–Crippen LogP) is 2.90. The van der Waals surface area contributed by atoms with E-state index in [1.807, 2.05) is 19.9 Å². The van der Waals surface area contributed by atoms with Crippen molar-refractivity contribution < 1.29 is 44.9 Å². The lowest BCUT2D eigenvalue weighted by atomic mass is 9.87. The smallest absolute Gasteiger partial charge is 0.303 e. The minimum atomic E-state index is -0.888. The van der Waals surface area contributed by atoms with Gasteiger partial charge < -0.3 is 40.6 Å². The third-order valence-electron chi connectivity index (χ3n) is 7.00. The van der Waals surface area contributed by atoms with E-state index in [1.165, 1.54) is 27.2 Å². The average Bonchev–Trinajstić information content (AvgIpc) is 2.88. The number of aromatic hydroxyl groups is 2. The molecule has 6 atom stereocenters. The van der Waals surface area contributed by atoms with Crippen LogP contribution in [0.2, 0.25) is 0 Å². The van der Waals surface area contributed by atoms with Gasteiger partial charge in [-0.1, -0.05) is 38.2 Å². The molecule has 2 rings (SSSR count). The number of esters is 1. The van der Waals surface area contributed by atoms with E-state index in [-0.39, 0.29) is 34.7 Å². The van der Waals surface area contributed by atoms with Crippen molar-refractivity contribution in [1.29, 1.82) is 0 Å². The number of anilines is 1. The summed E-state index contributed by atoms with van der Waals surface area (Å²) in [5.41, 5.74) is 5.63. The van der Waals surface area contributed by atoms with Gasteiger partial charge in [-0.15, -0.1) is 0 Å². The minimum absolute atomic E-state index is 0.0585. The molecule has 39 heavy (non-hydrogen) atoms. The second-order valence-electron chi connectivity index (χ2n) is 10.2. The highest BCUT2D eigenvalue weighted by Crippen LogP contribution is 2.40. The van der Waals surface area contributed by atoms with E-state index < -0.39 is 36.3 Å². The standard InChI is InChI=1S/C29H42N2O8/c1-15-11-20-25(30)22(33)14-21(27(20)35)31-29(36)16(2)9-8-10-23(37-6)28(39-19(5)32)18(4)13-17(3)26(34)24(12-15)38-7/h8-10,13-15,17,23-24,26,28,33-35H,11-12,30H2,1-7H3,(H,31,36)/p+1/b10-8-,16-9+,18-13+/t15-,17+,23+,24+,26-,28+/m1/s1. The number of phenols is 2. The summed E-state index contributed by atoms with van der Waals surface area (Å²) in [6.45, 7) is 8.50. The molecule has 0 unspecified atom stereocenters. The number of carbonyl (C=O) groups is 2. The number of phenolic OH excluding ortho intramolecular Hbond substituents is 2. The zero-order chi connectivity index (χ0) is 29.4. The molecule has 1 aromatic carbocycles. The van der Waals surface area contributed by atoms with E-state index in [4.69, 9.17) is 14.2 Å². The van der Waals surface area contributed by atoms with Crippen LogP contribution in [0.3, 0.4) is 0 Å². The summed E-state index contributed by atoms with van der Waals surface area (Å²) in [4.78, 5) is 24.8. The maximum Gasteiger partial charge on any atom is 0.303 e. The van der Waals surface area contributed by atoms with Gasteiger partial charge in [0, 0.05) is 38.7 Å². The van der Waals surface area contributed by atoms with Gasteiger partial charge in [0.1, 0.15) is 11.9 Å². The number of allylic oxidation sites excluding steroid dienone is 2. The number of carbonyl (C=O) groups excluding carboxylic acids is 2. The number of fused-ring (bicyclic) bond motifs is 2. The number of ether oxygens (including phenoxy) is 3. The normalized spacial score (nSPS) is 30.8. The molecular weight excluding hydrogens is 504 g/mol. The molecule has 0 spiro atoms. The summed E-state index contributed by atoms with van der Waals surface area (Å²) in [5.74, 6) is -1.77. The Morgan fingerprint density at radius 2 is 1.82 bits per heavy atom.